The average molecular weight is 308 g/mol. The molecule has 21 heavy (non-hydrogen) atoms. The number of nitrogens with zero attached hydrogens (tertiary/aromatic N) is 1. The third-order valence-electron chi connectivity index (χ3n) is 2.81. The molecule has 1 amide bonds. The minimum atomic E-state index is -3.99. The number of aryl methyl sites for hydroxylation is 1. The molecule has 2 aromatic rings. The lowest BCUT2D eigenvalue weighted by molar-refractivity contribution is 0.0953. The smallest absolute Gasteiger partial charge is 0.326 e. The number of carbonyl (C=O) groups is 1. The van der Waals surface area contributed by atoms with Gasteiger partial charge in [0.25, 0.3) is 0 Å². The Kier molecular flexibility index (Phi) is 4.32. The van der Waals surface area contributed by atoms with E-state index >= 15 is 0 Å². The summed E-state index contributed by atoms with van der Waals surface area (Å²) in [4.78, 5) is 11.9. The minimum Gasteiger partial charge on any atom is -0.456 e. The fourth-order valence-corrected chi connectivity index (χ4v) is 3.05. The number of hydrogen-bond donors (Lipinski definition) is 1. The summed E-state index contributed by atoms with van der Waals surface area (Å²) in [6.45, 7) is 3.56. The molecule has 0 atom stereocenters. The molecule has 0 aliphatic heterocycles. The number of anilines is 1. The molecule has 0 fully saturated rings. The van der Waals surface area contributed by atoms with Gasteiger partial charge < -0.3 is 4.42 Å². The molecule has 112 valence electrons. The Hall–Kier alpha value is -2.28. The first-order valence-corrected chi connectivity index (χ1v) is 7.84. The number of nitrogens with one attached hydrogen (secondary N) is 1. The quantitative estimate of drug-likeness (QED) is 0.917. The van der Waals surface area contributed by atoms with Crippen molar-refractivity contribution in [3.05, 3.63) is 54.0 Å². The lowest BCUT2D eigenvalue weighted by Crippen LogP contribution is -2.43. The van der Waals surface area contributed by atoms with Gasteiger partial charge in [0.1, 0.15) is 5.76 Å². The summed E-state index contributed by atoms with van der Waals surface area (Å²) in [6, 6.07) is 11.6. The second-order valence-corrected chi connectivity index (χ2v) is 5.94. The first kappa shape index (κ1) is 15.1. The summed E-state index contributed by atoms with van der Waals surface area (Å²) >= 11 is 0. The number of amides is 1. The SMILES string of the molecule is CCN(c1ccccc1)S(=O)(=O)NC(=O)c1ccc(C)o1. The first-order chi connectivity index (χ1) is 9.94. The molecule has 1 aromatic heterocycles. The van der Waals surface area contributed by atoms with E-state index in [1.165, 1.54) is 6.07 Å². The fraction of sp³-hybridized carbons (Fsp3) is 0.214. The highest BCUT2D eigenvalue weighted by atomic mass is 32.2. The van der Waals surface area contributed by atoms with E-state index in [0.29, 0.717) is 11.4 Å². The van der Waals surface area contributed by atoms with Crippen LogP contribution in [0.2, 0.25) is 0 Å². The Morgan fingerprint density at radius 1 is 1.19 bits per heavy atom. The van der Waals surface area contributed by atoms with Crippen LogP contribution in [0.15, 0.2) is 46.9 Å². The van der Waals surface area contributed by atoms with Gasteiger partial charge in [0, 0.05) is 6.54 Å². The first-order valence-electron chi connectivity index (χ1n) is 6.40. The van der Waals surface area contributed by atoms with Gasteiger partial charge >= 0.3 is 16.1 Å². The fourth-order valence-electron chi connectivity index (χ4n) is 1.86. The molecule has 0 saturated heterocycles. The Bertz CT molecular complexity index is 722. The van der Waals surface area contributed by atoms with Crippen LogP contribution >= 0.6 is 0 Å². The molecule has 1 heterocycles. The van der Waals surface area contributed by atoms with E-state index in [0.717, 1.165) is 4.31 Å². The van der Waals surface area contributed by atoms with E-state index in [1.807, 2.05) is 4.72 Å². The highest BCUT2D eigenvalue weighted by Crippen LogP contribution is 2.16. The van der Waals surface area contributed by atoms with Crippen LogP contribution in [0.3, 0.4) is 0 Å². The van der Waals surface area contributed by atoms with Crippen molar-refractivity contribution in [2.75, 3.05) is 10.8 Å². The number of hydrogen-bond acceptors (Lipinski definition) is 4. The van der Waals surface area contributed by atoms with Crippen molar-refractivity contribution in [3.8, 4) is 0 Å². The highest BCUT2D eigenvalue weighted by Gasteiger charge is 2.25. The molecule has 1 N–H and O–H groups in total. The van der Waals surface area contributed by atoms with E-state index < -0.39 is 16.1 Å². The normalized spacial score (nSPS) is 11.1. The molecular formula is C14H16N2O4S. The van der Waals surface area contributed by atoms with E-state index in [-0.39, 0.29) is 12.3 Å². The van der Waals surface area contributed by atoms with Gasteiger partial charge in [-0.2, -0.15) is 8.42 Å². The van der Waals surface area contributed by atoms with Gasteiger partial charge in [-0.05, 0) is 38.1 Å². The predicted molar refractivity (Wildman–Crippen MR) is 79.3 cm³/mol. The zero-order valence-corrected chi connectivity index (χ0v) is 12.6. The molecule has 1 aromatic carbocycles. The van der Waals surface area contributed by atoms with Crippen molar-refractivity contribution in [1.29, 1.82) is 0 Å². The molecular weight excluding hydrogens is 292 g/mol. The van der Waals surface area contributed by atoms with Crippen molar-refractivity contribution in [1.82, 2.24) is 4.72 Å². The highest BCUT2D eigenvalue weighted by molar-refractivity contribution is 7.91. The molecule has 0 spiro atoms. The van der Waals surface area contributed by atoms with Crippen LogP contribution in [-0.4, -0.2) is 20.9 Å². The maximum atomic E-state index is 12.3. The summed E-state index contributed by atoms with van der Waals surface area (Å²) in [7, 11) is -3.99. The number of carbonyl (C=O) groups excluding carboxylic acids is 1. The van der Waals surface area contributed by atoms with Crippen LogP contribution in [0.1, 0.15) is 23.2 Å². The summed E-state index contributed by atoms with van der Waals surface area (Å²) < 4.78 is 32.8. The lowest BCUT2D eigenvalue weighted by Gasteiger charge is -2.22. The average Bonchev–Trinajstić information content (AvgIpc) is 2.87. The van der Waals surface area contributed by atoms with Gasteiger partial charge in [0.15, 0.2) is 5.76 Å². The summed E-state index contributed by atoms with van der Waals surface area (Å²) in [5.41, 5.74) is 0.482. The molecule has 0 radical (unpaired) electrons. The number of furan rings is 1. The lowest BCUT2D eigenvalue weighted by atomic mass is 10.3. The Balaban J connectivity index is 2.22. The van der Waals surface area contributed by atoms with Crippen molar-refractivity contribution < 1.29 is 17.6 Å². The molecule has 0 aliphatic carbocycles. The minimum absolute atomic E-state index is 0.0415. The summed E-state index contributed by atoms with van der Waals surface area (Å²) in [5.74, 6) is -0.300. The van der Waals surface area contributed by atoms with Crippen LogP contribution < -0.4 is 9.03 Å². The Morgan fingerprint density at radius 3 is 2.38 bits per heavy atom. The molecule has 0 aliphatic rings. The van der Waals surface area contributed by atoms with Crippen molar-refractivity contribution in [2.24, 2.45) is 0 Å². The van der Waals surface area contributed by atoms with Crippen LogP contribution in [-0.2, 0) is 10.2 Å². The molecule has 0 bridgehead atoms. The van der Waals surface area contributed by atoms with Gasteiger partial charge in [0.2, 0.25) is 0 Å². The number of para-hydroxylation sites is 1. The third-order valence-corrected chi connectivity index (χ3v) is 4.30. The van der Waals surface area contributed by atoms with E-state index in [4.69, 9.17) is 4.42 Å². The van der Waals surface area contributed by atoms with Gasteiger partial charge in [-0.25, -0.2) is 4.72 Å². The van der Waals surface area contributed by atoms with Gasteiger partial charge in [-0.1, -0.05) is 18.2 Å². The molecule has 0 unspecified atom stereocenters. The molecule has 6 nitrogen and oxygen atoms in total. The van der Waals surface area contributed by atoms with Gasteiger partial charge in [-0.3, -0.25) is 9.10 Å². The van der Waals surface area contributed by atoms with Crippen molar-refractivity contribution in [2.45, 2.75) is 13.8 Å². The Labute approximate surface area is 123 Å². The van der Waals surface area contributed by atoms with Crippen LogP contribution in [0.25, 0.3) is 0 Å². The number of benzene rings is 1. The third kappa shape index (κ3) is 3.43. The van der Waals surface area contributed by atoms with Gasteiger partial charge in [0.05, 0.1) is 5.69 Å². The standard InChI is InChI=1S/C14H16N2O4S/c1-3-16(12-7-5-4-6-8-12)21(18,19)15-14(17)13-10-9-11(2)20-13/h4-10H,3H2,1-2H3,(H,15,17). The van der Waals surface area contributed by atoms with E-state index in [9.17, 15) is 13.2 Å². The maximum absolute atomic E-state index is 12.3. The monoisotopic (exact) mass is 308 g/mol. The summed E-state index contributed by atoms with van der Waals surface area (Å²) in [5, 5.41) is 0. The molecule has 2 rings (SSSR count). The molecule has 7 heteroatoms. The number of rotatable bonds is 5. The largest absolute Gasteiger partial charge is 0.456 e. The second-order valence-electron chi connectivity index (χ2n) is 4.35. The van der Waals surface area contributed by atoms with E-state index in [1.54, 1.807) is 50.2 Å². The summed E-state index contributed by atoms with van der Waals surface area (Å²) in [6.07, 6.45) is 0. The molecule has 0 saturated carbocycles. The Morgan fingerprint density at radius 2 is 1.86 bits per heavy atom. The van der Waals surface area contributed by atoms with Crippen LogP contribution in [0, 0.1) is 6.92 Å². The zero-order chi connectivity index (χ0) is 15.5. The van der Waals surface area contributed by atoms with Crippen LogP contribution in [0.5, 0.6) is 0 Å². The van der Waals surface area contributed by atoms with Crippen LogP contribution in [0.4, 0.5) is 5.69 Å². The van der Waals surface area contributed by atoms with Crippen molar-refractivity contribution >= 4 is 21.8 Å². The maximum Gasteiger partial charge on any atom is 0.326 e. The second kappa shape index (κ2) is 6.01. The van der Waals surface area contributed by atoms with Gasteiger partial charge in [-0.15, -0.1) is 0 Å². The topological polar surface area (TPSA) is 79.6 Å². The zero-order valence-electron chi connectivity index (χ0n) is 11.7. The van der Waals surface area contributed by atoms with Crippen molar-refractivity contribution in [3.63, 3.8) is 0 Å². The predicted octanol–water partition coefficient (Wildman–Crippen LogP) is 2.09. The van der Waals surface area contributed by atoms with E-state index in [2.05, 4.69) is 0 Å².